The molecule has 3 aliphatic rings. The minimum atomic E-state index is -0.237. The van der Waals surface area contributed by atoms with Crippen molar-refractivity contribution < 1.29 is 4.79 Å². The number of carbonyl (C=O) groups is 1. The van der Waals surface area contributed by atoms with E-state index in [2.05, 4.69) is 21.0 Å². The second kappa shape index (κ2) is 5.65. The summed E-state index contributed by atoms with van der Waals surface area (Å²) in [6, 6.07) is 1.54. The van der Waals surface area contributed by atoms with Gasteiger partial charge in [-0.15, -0.1) is 0 Å². The molecule has 2 fully saturated rings. The average Bonchev–Trinajstić information content (AvgIpc) is 3.34. The molecule has 2 bridgehead atoms. The van der Waals surface area contributed by atoms with Gasteiger partial charge in [-0.1, -0.05) is 6.08 Å². The Kier molecular flexibility index (Phi) is 3.38. The third-order valence-electron chi connectivity index (χ3n) is 5.68. The van der Waals surface area contributed by atoms with Crippen LogP contribution in [0.25, 0.3) is 5.57 Å². The van der Waals surface area contributed by atoms with E-state index in [-0.39, 0.29) is 29.2 Å². The molecule has 1 saturated heterocycles. The van der Waals surface area contributed by atoms with Gasteiger partial charge in [0.2, 0.25) is 0 Å². The highest BCUT2D eigenvalue weighted by Gasteiger charge is 2.41. The summed E-state index contributed by atoms with van der Waals surface area (Å²) in [6.07, 6.45) is 10.7. The van der Waals surface area contributed by atoms with E-state index in [1.165, 1.54) is 11.6 Å². The highest BCUT2D eigenvalue weighted by Crippen LogP contribution is 2.40. The van der Waals surface area contributed by atoms with Crippen LogP contribution in [0.15, 0.2) is 29.3 Å². The molecule has 0 aromatic carbocycles. The lowest BCUT2D eigenvalue weighted by Gasteiger charge is -2.33. The van der Waals surface area contributed by atoms with E-state index >= 15 is 0 Å². The number of hydrogen-bond acceptors (Lipinski definition) is 4. The number of nitrogens with zero attached hydrogens (tertiary/aromatic N) is 4. The normalized spacial score (nSPS) is 24.7. The zero-order valence-electron chi connectivity index (χ0n) is 14.7. The van der Waals surface area contributed by atoms with Crippen LogP contribution in [0.1, 0.15) is 60.2 Å². The van der Waals surface area contributed by atoms with Crippen LogP contribution >= 0.6 is 0 Å². The molecular formula is C19H21N5O2. The number of imidazole rings is 1. The van der Waals surface area contributed by atoms with Crippen molar-refractivity contribution >= 4 is 11.5 Å². The molecular weight excluding hydrogens is 330 g/mol. The van der Waals surface area contributed by atoms with E-state index in [1.54, 1.807) is 6.20 Å². The number of carbonyl (C=O) groups excluding carboxylic acids is 1. The van der Waals surface area contributed by atoms with Gasteiger partial charge in [-0.3, -0.25) is 9.59 Å². The van der Waals surface area contributed by atoms with Crippen LogP contribution < -0.4 is 5.56 Å². The molecule has 2 aromatic heterocycles. The minimum absolute atomic E-state index is 0.0541. The molecule has 1 N–H and O–H groups in total. The van der Waals surface area contributed by atoms with E-state index < -0.39 is 0 Å². The maximum Gasteiger partial charge on any atom is 0.273 e. The van der Waals surface area contributed by atoms with Crippen molar-refractivity contribution in [3.8, 4) is 0 Å². The molecule has 7 nitrogen and oxygen atoms in total. The summed E-state index contributed by atoms with van der Waals surface area (Å²) in [4.78, 5) is 38.7. The number of aromatic amines is 1. The van der Waals surface area contributed by atoms with Crippen molar-refractivity contribution in [1.29, 1.82) is 0 Å². The molecule has 134 valence electrons. The molecule has 2 aromatic rings. The Labute approximate surface area is 150 Å². The molecule has 0 radical (unpaired) electrons. The zero-order chi connectivity index (χ0) is 17.8. The van der Waals surface area contributed by atoms with Gasteiger partial charge in [0, 0.05) is 37.5 Å². The Balaban J connectivity index is 1.46. The van der Waals surface area contributed by atoms with E-state index in [0.29, 0.717) is 11.7 Å². The largest absolute Gasteiger partial charge is 0.334 e. The van der Waals surface area contributed by atoms with Gasteiger partial charge in [-0.05, 0) is 37.7 Å². The molecule has 5 rings (SSSR count). The van der Waals surface area contributed by atoms with E-state index in [4.69, 9.17) is 0 Å². The predicted molar refractivity (Wildman–Crippen MR) is 95.6 cm³/mol. The van der Waals surface area contributed by atoms with Crippen LogP contribution in [-0.2, 0) is 7.05 Å². The molecule has 2 atom stereocenters. The molecule has 1 saturated carbocycles. The number of aryl methyl sites for hydroxylation is 1. The Morgan fingerprint density at radius 1 is 1.27 bits per heavy atom. The van der Waals surface area contributed by atoms with E-state index in [9.17, 15) is 9.59 Å². The number of nitrogens with one attached hydrogen (secondary N) is 1. The van der Waals surface area contributed by atoms with Crippen molar-refractivity contribution in [2.24, 2.45) is 7.05 Å². The molecule has 4 heterocycles. The van der Waals surface area contributed by atoms with Gasteiger partial charge in [-0.25, -0.2) is 9.97 Å². The topological polar surface area (TPSA) is 83.9 Å². The lowest BCUT2D eigenvalue weighted by Crippen LogP contribution is -2.43. The summed E-state index contributed by atoms with van der Waals surface area (Å²) in [5, 5.41) is 0. The lowest BCUT2D eigenvalue weighted by atomic mass is 10.00. The van der Waals surface area contributed by atoms with Gasteiger partial charge in [0.25, 0.3) is 11.5 Å². The summed E-state index contributed by atoms with van der Waals surface area (Å²) < 4.78 is 2.02. The van der Waals surface area contributed by atoms with E-state index in [0.717, 1.165) is 37.9 Å². The number of hydrogen-bond donors (Lipinski definition) is 1. The minimum Gasteiger partial charge on any atom is -0.334 e. The maximum atomic E-state index is 13.1. The number of fused-ring (bicyclic) bond motifs is 2. The van der Waals surface area contributed by atoms with Gasteiger partial charge in [0.1, 0.15) is 17.3 Å². The van der Waals surface area contributed by atoms with Crippen molar-refractivity contribution in [1.82, 2.24) is 24.4 Å². The summed E-state index contributed by atoms with van der Waals surface area (Å²) in [7, 11) is 1.99. The summed E-state index contributed by atoms with van der Waals surface area (Å²) >= 11 is 0. The lowest BCUT2D eigenvalue weighted by molar-refractivity contribution is 0.0685. The average molecular weight is 351 g/mol. The SMILES string of the molecule is Cn1ccnc1C1=CC2CCC(C1)N2C(=O)c1cc(=O)[nH]c(C2CC2)n1. The van der Waals surface area contributed by atoms with Crippen LogP contribution in [-0.4, -0.2) is 42.4 Å². The Bertz CT molecular complexity index is 968. The number of rotatable bonds is 3. The molecule has 1 amide bonds. The first-order valence-corrected chi connectivity index (χ1v) is 9.22. The molecule has 2 unspecified atom stereocenters. The van der Waals surface area contributed by atoms with Crippen LogP contribution in [0.3, 0.4) is 0 Å². The number of aromatic nitrogens is 4. The molecule has 2 aliphatic heterocycles. The molecule has 0 spiro atoms. The summed E-state index contributed by atoms with van der Waals surface area (Å²) in [5.41, 5.74) is 1.24. The number of amides is 1. The van der Waals surface area contributed by atoms with Gasteiger partial charge in [0.15, 0.2) is 0 Å². The van der Waals surface area contributed by atoms with Crippen LogP contribution in [0.2, 0.25) is 0 Å². The first-order valence-electron chi connectivity index (χ1n) is 9.22. The summed E-state index contributed by atoms with van der Waals surface area (Å²) in [6.45, 7) is 0. The standard InChI is InChI=1S/C19H21N5O2/c1-23-7-6-20-18(23)12-8-13-4-5-14(9-12)24(13)19(26)15-10-16(25)22-17(21-15)11-2-3-11/h6-8,10-11,13-14H,2-5,9H2,1H3,(H,21,22,25). The Hall–Kier alpha value is -2.70. The van der Waals surface area contributed by atoms with Gasteiger partial charge < -0.3 is 14.5 Å². The summed E-state index contributed by atoms with van der Waals surface area (Å²) in [5.74, 6) is 1.82. The fourth-order valence-electron chi connectivity index (χ4n) is 4.26. The third-order valence-corrected chi connectivity index (χ3v) is 5.68. The number of H-pyrrole nitrogens is 1. The van der Waals surface area contributed by atoms with Gasteiger partial charge >= 0.3 is 0 Å². The monoisotopic (exact) mass is 351 g/mol. The van der Waals surface area contributed by atoms with Crippen molar-refractivity contribution in [2.75, 3.05) is 0 Å². The quantitative estimate of drug-likeness (QED) is 0.914. The smallest absolute Gasteiger partial charge is 0.273 e. The van der Waals surface area contributed by atoms with Gasteiger partial charge in [0.05, 0.1) is 6.04 Å². The van der Waals surface area contributed by atoms with Crippen LogP contribution in [0, 0.1) is 0 Å². The first-order chi connectivity index (χ1) is 12.6. The zero-order valence-corrected chi connectivity index (χ0v) is 14.7. The first kappa shape index (κ1) is 15.5. The fourth-order valence-corrected chi connectivity index (χ4v) is 4.26. The second-order valence-electron chi connectivity index (χ2n) is 7.56. The maximum absolute atomic E-state index is 13.1. The second-order valence-corrected chi connectivity index (χ2v) is 7.56. The van der Waals surface area contributed by atoms with Crippen molar-refractivity contribution in [3.05, 3.63) is 52.2 Å². The van der Waals surface area contributed by atoms with Crippen molar-refractivity contribution in [2.45, 2.75) is 50.1 Å². The van der Waals surface area contributed by atoms with Crippen LogP contribution in [0.4, 0.5) is 0 Å². The van der Waals surface area contributed by atoms with Gasteiger partial charge in [-0.2, -0.15) is 0 Å². The fraction of sp³-hybridized carbons (Fsp3) is 0.474. The Morgan fingerprint density at radius 2 is 2.12 bits per heavy atom. The van der Waals surface area contributed by atoms with Crippen LogP contribution in [0.5, 0.6) is 0 Å². The van der Waals surface area contributed by atoms with E-state index in [1.807, 2.05) is 22.7 Å². The van der Waals surface area contributed by atoms with Crippen molar-refractivity contribution in [3.63, 3.8) is 0 Å². The Morgan fingerprint density at radius 3 is 2.81 bits per heavy atom. The predicted octanol–water partition coefficient (Wildman–Crippen LogP) is 1.84. The highest BCUT2D eigenvalue weighted by molar-refractivity contribution is 5.93. The third kappa shape index (κ3) is 2.50. The molecule has 1 aliphatic carbocycles. The molecule has 26 heavy (non-hydrogen) atoms. The molecule has 7 heteroatoms. The highest BCUT2D eigenvalue weighted by atomic mass is 16.2.